The van der Waals surface area contributed by atoms with Crippen molar-refractivity contribution in [2.75, 3.05) is 0 Å². The summed E-state index contributed by atoms with van der Waals surface area (Å²) in [6.45, 7) is 0.644. The first-order chi connectivity index (χ1) is 18.6. The SMILES string of the molecule is C[C@@H](NC(=O)c1sc(-c2ccc(C(F)(F)F)cc2)nc1C(F)(F)F)[C@](O)(Cn1cncn1)c1ccc(F)cc1F. The molecule has 0 bridgehead atoms. The van der Waals surface area contributed by atoms with E-state index in [2.05, 4.69) is 20.4 Å². The predicted octanol–water partition coefficient (Wildman–Crippen LogP) is 5.42. The highest BCUT2D eigenvalue weighted by molar-refractivity contribution is 7.17. The van der Waals surface area contributed by atoms with Gasteiger partial charge in [-0.1, -0.05) is 18.2 Å². The molecular weight excluding hydrogens is 574 g/mol. The Balaban J connectivity index is 1.69. The molecule has 0 radical (unpaired) electrons. The number of thiazole rings is 1. The molecule has 40 heavy (non-hydrogen) atoms. The monoisotopic (exact) mass is 591 g/mol. The first-order valence-electron chi connectivity index (χ1n) is 11.2. The summed E-state index contributed by atoms with van der Waals surface area (Å²) in [5.74, 6) is -3.51. The van der Waals surface area contributed by atoms with Gasteiger partial charge >= 0.3 is 12.4 Å². The van der Waals surface area contributed by atoms with Crippen molar-refractivity contribution in [1.82, 2.24) is 25.1 Å². The van der Waals surface area contributed by atoms with E-state index in [1.54, 1.807) is 0 Å². The Bertz CT molecular complexity index is 1500. The third kappa shape index (κ3) is 5.96. The van der Waals surface area contributed by atoms with E-state index in [0.29, 0.717) is 18.2 Å². The van der Waals surface area contributed by atoms with Gasteiger partial charge in [0.25, 0.3) is 5.91 Å². The van der Waals surface area contributed by atoms with E-state index in [1.165, 1.54) is 6.92 Å². The molecule has 0 aliphatic heterocycles. The minimum Gasteiger partial charge on any atom is -0.381 e. The van der Waals surface area contributed by atoms with Gasteiger partial charge in [-0.3, -0.25) is 4.79 Å². The van der Waals surface area contributed by atoms with Crippen LogP contribution in [0.4, 0.5) is 35.1 Å². The van der Waals surface area contributed by atoms with Gasteiger partial charge in [0.15, 0.2) is 5.69 Å². The number of nitrogens with zero attached hydrogens (tertiary/aromatic N) is 4. The number of hydrogen-bond acceptors (Lipinski definition) is 6. The van der Waals surface area contributed by atoms with Crippen molar-refractivity contribution in [2.24, 2.45) is 0 Å². The molecule has 2 atom stereocenters. The van der Waals surface area contributed by atoms with Crippen molar-refractivity contribution in [2.45, 2.75) is 37.5 Å². The number of nitrogens with one attached hydrogen (secondary N) is 1. The van der Waals surface area contributed by atoms with Crippen molar-refractivity contribution in [1.29, 1.82) is 0 Å². The maximum atomic E-state index is 14.7. The second-order valence-corrected chi connectivity index (χ2v) is 9.61. The van der Waals surface area contributed by atoms with Crippen molar-refractivity contribution >= 4 is 17.2 Å². The minimum atomic E-state index is -5.13. The van der Waals surface area contributed by atoms with Crippen LogP contribution in [0.1, 0.15) is 33.4 Å². The molecule has 2 aromatic carbocycles. The number of aliphatic hydroxyl groups is 1. The van der Waals surface area contributed by atoms with Gasteiger partial charge < -0.3 is 10.4 Å². The van der Waals surface area contributed by atoms with Crippen molar-refractivity contribution in [3.8, 4) is 10.6 Å². The van der Waals surface area contributed by atoms with E-state index >= 15 is 0 Å². The van der Waals surface area contributed by atoms with Crippen molar-refractivity contribution < 1.29 is 45.0 Å². The summed E-state index contributed by atoms with van der Waals surface area (Å²) in [6, 6.07) is 3.90. The Hall–Kier alpha value is -3.92. The summed E-state index contributed by atoms with van der Waals surface area (Å²) in [5.41, 5.74) is -5.59. The van der Waals surface area contributed by atoms with Crippen LogP contribution in [0.3, 0.4) is 0 Å². The summed E-state index contributed by atoms with van der Waals surface area (Å²) in [6.07, 6.45) is -7.55. The summed E-state index contributed by atoms with van der Waals surface area (Å²) in [5, 5.41) is 17.1. The Labute approximate surface area is 224 Å². The molecule has 0 spiro atoms. The molecule has 0 aliphatic carbocycles. The lowest BCUT2D eigenvalue weighted by Gasteiger charge is -2.35. The van der Waals surface area contributed by atoms with E-state index in [1.807, 2.05) is 0 Å². The van der Waals surface area contributed by atoms with Gasteiger partial charge in [-0.25, -0.2) is 23.4 Å². The van der Waals surface area contributed by atoms with Crippen LogP contribution in [-0.4, -0.2) is 36.8 Å². The lowest BCUT2D eigenvalue weighted by atomic mass is 9.86. The molecule has 0 unspecified atom stereocenters. The van der Waals surface area contributed by atoms with Gasteiger partial charge in [-0.05, 0) is 25.1 Å². The van der Waals surface area contributed by atoms with Crippen LogP contribution in [0.2, 0.25) is 0 Å². The Kier molecular flexibility index (Phi) is 7.68. The third-order valence-electron chi connectivity index (χ3n) is 5.89. The Morgan fingerprint density at radius 3 is 2.27 bits per heavy atom. The fourth-order valence-electron chi connectivity index (χ4n) is 3.83. The maximum Gasteiger partial charge on any atom is 0.435 e. The summed E-state index contributed by atoms with van der Waals surface area (Å²) in [7, 11) is 0. The van der Waals surface area contributed by atoms with E-state index in [0.717, 1.165) is 41.6 Å². The molecule has 4 aromatic rings. The third-order valence-corrected chi connectivity index (χ3v) is 7.00. The number of carbonyl (C=O) groups excluding carboxylic acids is 1. The lowest BCUT2D eigenvalue weighted by Crippen LogP contribution is -2.52. The van der Waals surface area contributed by atoms with Crippen LogP contribution in [0, 0.1) is 11.6 Å². The average molecular weight is 591 g/mol. The van der Waals surface area contributed by atoms with Crippen LogP contribution in [-0.2, 0) is 24.5 Å². The van der Waals surface area contributed by atoms with E-state index in [-0.39, 0.29) is 21.9 Å². The number of halogens is 8. The molecule has 212 valence electrons. The first kappa shape index (κ1) is 29.1. The lowest BCUT2D eigenvalue weighted by molar-refractivity contribution is -0.141. The zero-order chi connectivity index (χ0) is 29.5. The molecule has 2 N–H and O–H groups in total. The largest absolute Gasteiger partial charge is 0.435 e. The number of carbonyl (C=O) groups is 1. The molecule has 7 nitrogen and oxygen atoms in total. The first-order valence-corrected chi connectivity index (χ1v) is 12.0. The smallest absolute Gasteiger partial charge is 0.381 e. The Morgan fingerprint density at radius 1 is 1.05 bits per heavy atom. The molecule has 1 amide bonds. The maximum absolute atomic E-state index is 14.7. The average Bonchev–Trinajstić information content (AvgIpc) is 3.53. The van der Waals surface area contributed by atoms with Crippen LogP contribution < -0.4 is 5.32 Å². The molecule has 0 fully saturated rings. The number of benzene rings is 2. The molecule has 0 saturated carbocycles. The van der Waals surface area contributed by atoms with Crippen LogP contribution in [0.25, 0.3) is 10.6 Å². The number of alkyl halides is 6. The normalized spacial score (nSPS) is 14.6. The highest BCUT2D eigenvalue weighted by Gasteiger charge is 2.43. The minimum absolute atomic E-state index is 0.105. The molecule has 16 heteroatoms. The fourth-order valence-corrected chi connectivity index (χ4v) is 4.82. The summed E-state index contributed by atoms with van der Waals surface area (Å²) in [4.78, 5) is 19.3. The van der Waals surface area contributed by atoms with Crippen LogP contribution >= 0.6 is 11.3 Å². The van der Waals surface area contributed by atoms with Gasteiger partial charge in [-0.15, -0.1) is 11.3 Å². The van der Waals surface area contributed by atoms with Gasteiger partial charge in [0, 0.05) is 17.2 Å². The number of aromatic nitrogens is 4. The van der Waals surface area contributed by atoms with Crippen LogP contribution in [0.5, 0.6) is 0 Å². The summed E-state index contributed by atoms with van der Waals surface area (Å²) >= 11 is 0.263. The van der Waals surface area contributed by atoms with Crippen molar-refractivity contribution in [3.63, 3.8) is 0 Å². The van der Waals surface area contributed by atoms with E-state index in [9.17, 15) is 45.0 Å². The highest BCUT2D eigenvalue weighted by atomic mass is 32.1. The quantitative estimate of drug-likeness (QED) is 0.280. The number of hydrogen-bond donors (Lipinski definition) is 2. The Morgan fingerprint density at radius 2 is 1.73 bits per heavy atom. The number of rotatable bonds is 7. The van der Waals surface area contributed by atoms with E-state index in [4.69, 9.17) is 0 Å². The molecule has 0 saturated heterocycles. The zero-order valence-corrected chi connectivity index (χ0v) is 20.9. The molecule has 2 heterocycles. The van der Waals surface area contributed by atoms with Crippen molar-refractivity contribution in [3.05, 3.63) is 88.5 Å². The van der Waals surface area contributed by atoms with Gasteiger partial charge in [0.1, 0.15) is 39.8 Å². The molecule has 0 aliphatic rings. The zero-order valence-electron chi connectivity index (χ0n) is 20.1. The fraction of sp³-hybridized carbons (Fsp3) is 0.250. The van der Waals surface area contributed by atoms with Gasteiger partial charge in [0.2, 0.25) is 0 Å². The van der Waals surface area contributed by atoms with Gasteiger partial charge in [-0.2, -0.15) is 31.4 Å². The second kappa shape index (κ2) is 10.6. The molecule has 4 rings (SSSR count). The van der Waals surface area contributed by atoms with Gasteiger partial charge in [0.05, 0.1) is 18.2 Å². The second-order valence-electron chi connectivity index (χ2n) is 8.61. The topological polar surface area (TPSA) is 92.9 Å². The summed E-state index contributed by atoms with van der Waals surface area (Å²) < 4.78 is 109. The van der Waals surface area contributed by atoms with Crippen LogP contribution in [0.15, 0.2) is 55.1 Å². The predicted molar refractivity (Wildman–Crippen MR) is 125 cm³/mol. The molecule has 2 aromatic heterocycles. The number of amides is 1. The van der Waals surface area contributed by atoms with E-state index < -0.39 is 69.8 Å². The highest BCUT2D eigenvalue weighted by Crippen LogP contribution is 2.39. The molecular formula is C24H17F8N5O2S. The standard InChI is InChI=1S/C24H17F8N5O2S/c1-12(22(39,9-37-11-33-10-34-37)16-7-6-15(25)8-17(16)26)35-20(38)18-19(24(30,31)32)36-21(40-18)13-2-4-14(5-3-13)23(27,28)29/h2-8,10-12,39H,9H2,1H3,(H,35,38)/t12-,22-/m1/s1.